The average Bonchev–Trinajstić information content (AvgIpc) is 2.83. The van der Waals surface area contributed by atoms with Crippen molar-refractivity contribution < 1.29 is 22.7 Å². The molecule has 36 heavy (non-hydrogen) atoms. The molecule has 3 N–H and O–H groups in total. The van der Waals surface area contributed by atoms with Gasteiger partial charge in [-0.25, -0.2) is 4.98 Å². The van der Waals surface area contributed by atoms with E-state index in [1.807, 2.05) is 6.07 Å². The second kappa shape index (κ2) is 13.4. The molecule has 0 bridgehead atoms. The molecule has 1 saturated heterocycles. The van der Waals surface area contributed by atoms with E-state index < -0.39 is 17.8 Å². The van der Waals surface area contributed by atoms with Gasteiger partial charge in [0.15, 0.2) is 11.6 Å². The van der Waals surface area contributed by atoms with Crippen molar-refractivity contribution in [1.29, 1.82) is 5.26 Å². The maximum absolute atomic E-state index is 13.3. The van der Waals surface area contributed by atoms with Gasteiger partial charge in [0.05, 0.1) is 24.8 Å². The van der Waals surface area contributed by atoms with Crippen LogP contribution in [-0.4, -0.2) is 65.8 Å². The molecule has 1 aliphatic heterocycles. The van der Waals surface area contributed by atoms with Crippen molar-refractivity contribution in [3.05, 3.63) is 41.0 Å². The highest BCUT2D eigenvalue weighted by molar-refractivity contribution is 7.98. The summed E-state index contributed by atoms with van der Waals surface area (Å²) in [5.41, 5.74) is 5.41. The fourth-order valence-corrected chi connectivity index (χ4v) is 4.35. The number of morpholine rings is 1. The fraction of sp³-hybridized carbons (Fsp3) is 0.500. The predicted octanol–water partition coefficient (Wildman–Crippen LogP) is 4.01. The minimum atomic E-state index is -4.50. The minimum Gasteiger partial charge on any atom is -0.379 e. The Morgan fingerprint density at radius 1 is 1.33 bits per heavy atom. The molecule has 196 valence electrons. The fourth-order valence-electron chi connectivity index (χ4n) is 3.81. The molecular formula is C24H31F3N6O2S. The molecule has 1 aromatic carbocycles. The van der Waals surface area contributed by atoms with Crippen LogP contribution >= 0.6 is 11.8 Å². The number of aromatic nitrogens is 2. The van der Waals surface area contributed by atoms with Gasteiger partial charge in [0, 0.05) is 19.5 Å². The zero-order valence-corrected chi connectivity index (χ0v) is 20.1. The Bertz CT molecular complexity index is 1070. The van der Waals surface area contributed by atoms with Crippen LogP contribution in [0.4, 0.5) is 24.9 Å². The first-order valence-corrected chi connectivity index (χ1v) is 12.3. The third-order valence-corrected chi connectivity index (χ3v) is 6.28. The molecule has 2 heterocycles. The van der Waals surface area contributed by atoms with E-state index in [4.69, 9.17) is 10.5 Å². The van der Waals surface area contributed by atoms with Gasteiger partial charge in [-0.3, -0.25) is 9.69 Å². The smallest absolute Gasteiger partial charge is 0.379 e. The van der Waals surface area contributed by atoms with Gasteiger partial charge in [-0.05, 0) is 37.3 Å². The van der Waals surface area contributed by atoms with Crippen molar-refractivity contribution >= 4 is 29.3 Å². The maximum atomic E-state index is 13.3. The van der Waals surface area contributed by atoms with Crippen LogP contribution in [0.25, 0.3) is 0 Å². The zero-order valence-electron chi connectivity index (χ0n) is 19.3. The van der Waals surface area contributed by atoms with Crippen molar-refractivity contribution in [3.63, 3.8) is 0 Å². The highest BCUT2D eigenvalue weighted by atomic mass is 32.2. The van der Waals surface area contributed by atoms with E-state index in [2.05, 4.69) is 20.2 Å². The van der Waals surface area contributed by atoms with Crippen LogP contribution in [0.1, 0.15) is 37.0 Å². The first kappa shape index (κ1) is 29.4. The van der Waals surface area contributed by atoms with E-state index in [-0.39, 0.29) is 42.5 Å². The summed E-state index contributed by atoms with van der Waals surface area (Å²) in [6.07, 6.45) is -1.90. The van der Waals surface area contributed by atoms with Crippen LogP contribution in [-0.2, 0) is 22.1 Å². The lowest BCUT2D eigenvalue weighted by Crippen LogP contribution is -2.38. The van der Waals surface area contributed by atoms with Gasteiger partial charge >= 0.3 is 6.18 Å². The number of ether oxygens (including phenoxy) is 1. The Morgan fingerprint density at radius 3 is 2.69 bits per heavy atom. The van der Waals surface area contributed by atoms with E-state index in [0.717, 1.165) is 31.8 Å². The van der Waals surface area contributed by atoms with Crippen molar-refractivity contribution in [3.8, 4) is 6.07 Å². The maximum Gasteiger partial charge on any atom is 0.416 e. The van der Waals surface area contributed by atoms with Gasteiger partial charge in [0.1, 0.15) is 16.7 Å². The van der Waals surface area contributed by atoms with Crippen LogP contribution < -0.4 is 11.1 Å². The number of carbonyl (C=O) groups excluding carboxylic acids is 1. The van der Waals surface area contributed by atoms with Crippen LogP contribution in [0.3, 0.4) is 0 Å². The Hall–Kier alpha value is -2.88. The van der Waals surface area contributed by atoms with E-state index in [1.54, 1.807) is 6.26 Å². The first-order chi connectivity index (χ1) is 16.7. The quantitative estimate of drug-likeness (QED) is 0.351. The summed E-state index contributed by atoms with van der Waals surface area (Å²) in [5, 5.41) is 13.0. The van der Waals surface area contributed by atoms with Crippen molar-refractivity contribution in [2.24, 2.45) is 0 Å². The number of Topliss-reactive ketones (excluding diaryl/α,β-unsaturated/α-hetero) is 1. The molecular weight excluding hydrogens is 493 g/mol. The van der Waals surface area contributed by atoms with Crippen LogP contribution in [0.15, 0.2) is 29.3 Å². The van der Waals surface area contributed by atoms with Crippen LogP contribution in [0.2, 0.25) is 0 Å². The second-order valence-electron chi connectivity index (χ2n) is 8.06. The number of carbonyl (C=O) groups is 1. The number of nitrogens with one attached hydrogen (secondary N) is 1. The number of nitrogens with two attached hydrogens (primary N) is 1. The number of nitriles is 1. The first-order valence-electron chi connectivity index (χ1n) is 11.1. The summed E-state index contributed by atoms with van der Waals surface area (Å²) in [7, 11) is 0. The van der Waals surface area contributed by atoms with Crippen molar-refractivity contribution in [1.82, 2.24) is 14.9 Å². The lowest BCUT2D eigenvalue weighted by Gasteiger charge is -2.27. The Kier molecular flexibility index (Phi) is 11.0. The predicted molar refractivity (Wildman–Crippen MR) is 134 cm³/mol. The molecule has 1 fully saturated rings. The van der Waals surface area contributed by atoms with Crippen LogP contribution in [0.5, 0.6) is 0 Å². The summed E-state index contributed by atoms with van der Waals surface area (Å²) in [4.78, 5) is 23.7. The van der Waals surface area contributed by atoms with E-state index >= 15 is 0 Å². The number of halogens is 3. The molecule has 8 nitrogen and oxygen atoms in total. The topological polar surface area (TPSA) is 117 Å². The molecule has 0 saturated carbocycles. The molecule has 1 aromatic heterocycles. The molecule has 2 aromatic rings. The third kappa shape index (κ3) is 8.08. The molecule has 0 radical (unpaired) electrons. The minimum absolute atomic E-state index is 0. The summed E-state index contributed by atoms with van der Waals surface area (Å²) in [6, 6.07) is 6.01. The lowest BCUT2D eigenvalue weighted by atomic mass is 9.98. The second-order valence-corrected chi connectivity index (χ2v) is 8.86. The van der Waals surface area contributed by atoms with E-state index in [1.165, 1.54) is 23.9 Å². The van der Waals surface area contributed by atoms with Crippen molar-refractivity contribution in [2.45, 2.75) is 43.9 Å². The van der Waals surface area contributed by atoms with Gasteiger partial charge in [-0.1, -0.05) is 25.6 Å². The standard InChI is InChI=1S/C23H27F3N6O2S.CH4/c1-35-21-17(14-27)20(30-22(28)31-21)29-18(6-3-7-32-8-10-34-11-9-32)19(33)13-15-4-2-5-16(12-15)23(24,25)26;/h2,4-5,12,18H,3,6-11,13H2,1H3,(H3,28,29,30,31);1H4/t18-;/m0./s1. The molecule has 0 unspecified atom stereocenters. The molecule has 0 amide bonds. The van der Waals surface area contributed by atoms with E-state index in [0.29, 0.717) is 31.1 Å². The molecule has 1 atom stereocenters. The summed E-state index contributed by atoms with van der Waals surface area (Å²) < 4.78 is 44.7. The average molecular weight is 525 g/mol. The Labute approximate surface area is 213 Å². The highest BCUT2D eigenvalue weighted by Gasteiger charge is 2.31. The molecule has 0 spiro atoms. The number of benzene rings is 1. The van der Waals surface area contributed by atoms with Gasteiger partial charge < -0.3 is 15.8 Å². The van der Waals surface area contributed by atoms with Crippen LogP contribution in [0, 0.1) is 11.3 Å². The summed E-state index contributed by atoms with van der Waals surface area (Å²) in [5.74, 6) is -0.218. The summed E-state index contributed by atoms with van der Waals surface area (Å²) in [6.45, 7) is 3.65. The SMILES string of the molecule is C.CSc1nc(N)nc(N[C@@H](CCCN2CCOCC2)C(=O)Cc2cccc(C(F)(F)F)c2)c1C#N. The monoisotopic (exact) mass is 524 g/mol. The number of rotatable bonds is 10. The molecule has 3 rings (SSSR count). The number of hydrogen-bond donors (Lipinski definition) is 2. The Morgan fingerprint density at radius 2 is 2.06 bits per heavy atom. The Balaban J connectivity index is 0.00000456. The zero-order chi connectivity index (χ0) is 25.4. The largest absolute Gasteiger partial charge is 0.416 e. The number of nitrogens with zero attached hydrogens (tertiary/aromatic N) is 4. The van der Waals surface area contributed by atoms with Crippen molar-refractivity contribution in [2.75, 3.05) is 50.2 Å². The van der Waals surface area contributed by atoms with Gasteiger partial charge in [0.25, 0.3) is 0 Å². The third-order valence-electron chi connectivity index (χ3n) is 5.60. The number of ketones is 1. The number of anilines is 2. The molecule has 12 heteroatoms. The highest BCUT2D eigenvalue weighted by Crippen LogP contribution is 2.30. The number of thioether (sulfide) groups is 1. The van der Waals surface area contributed by atoms with Gasteiger partial charge in [-0.15, -0.1) is 11.8 Å². The van der Waals surface area contributed by atoms with Gasteiger partial charge in [-0.2, -0.15) is 23.4 Å². The normalized spacial score (nSPS) is 15.0. The summed E-state index contributed by atoms with van der Waals surface area (Å²) >= 11 is 1.22. The number of hydrogen-bond acceptors (Lipinski definition) is 9. The molecule has 0 aliphatic carbocycles. The number of alkyl halides is 3. The number of nitrogen functional groups attached to an aromatic ring is 1. The molecule has 1 aliphatic rings. The van der Waals surface area contributed by atoms with E-state index in [9.17, 15) is 23.2 Å². The lowest BCUT2D eigenvalue weighted by molar-refractivity contribution is -0.137. The van der Waals surface area contributed by atoms with Gasteiger partial charge in [0.2, 0.25) is 5.95 Å².